The van der Waals surface area contributed by atoms with E-state index >= 15 is 0 Å². The van der Waals surface area contributed by atoms with Crippen molar-refractivity contribution >= 4 is 22.7 Å². The zero-order valence-electron chi connectivity index (χ0n) is 21.2. The number of aromatic amines is 1. The zero-order chi connectivity index (χ0) is 29.3. The van der Waals surface area contributed by atoms with E-state index in [1.54, 1.807) is 12.1 Å². The van der Waals surface area contributed by atoms with Crippen LogP contribution in [0.2, 0.25) is 0 Å². The van der Waals surface area contributed by atoms with Gasteiger partial charge in [-0.2, -0.15) is 0 Å². The summed E-state index contributed by atoms with van der Waals surface area (Å²) in [6.45, 7) is 0. The number of H-pyrrole nitrogens is 1. The van der Waals surface area contributed by atoms with Gasteiger partial charge in [0.25, 0.3) is 5.91 Å². The lowest BCUT2D eigenvalue weighted by Gasteiger charge is -2.22. The van der Waals surface area contributed by atoms with Crippen LogP contribution in [0.5, 0.6) is 0 Å². The first-order valence-corrected chi connectivity index (χ1v) is 12.3. The highest BCUT2D eigenvalue weighted by molar-refractivity contribution is 5.94. The molecule has 2 aromatic heterocycles. The molecule has 0 saturated carbocycles. The van der Waals surface area contributed by atoms with Crippen LogP contribution in [0.1, 0.15) is 33.2 Å². The van der Waals surface area contributed by atoms with E-state index in [0.717, 1.165) is 30.3 Å². The molecule has 2 amide bonds. The lowest BCUT2D eigenvalue weighted by Crippen LogP contribution is -2.32. The Morgan fingerprint density at radius 3 is 2.37 bits per heavy atom. The average molecular weight is 565 g/mol. The summed E-state index contributed by atoms with van der Waals surface area (Å²) >= 11 is 0. The molecule has 1 unspecified atom stereocenters. The molecule has 11 heteroatoms. The summed E-state index contributed by atoms with van der Waals surface area (Å²) in [5.74, 6) is -5.65. The molecule has 0 spiro atoms. The van der Waals surface area contributed by atoms with Crippen molar-refractivity contribution in [2.75, 3.05) is 0 Å². The zero-order valence-corrected chi connectivity index (χ0v) is 21.2. The standard InChI is InChI=1S/C30H21F5N4O2/c31-18-6-15(7-19(32)11-18)8-26(39-27(40)10-17-14-38-28-22(17)12-20(33)13-25(28)35)29-21(2-1-5-37-29)16-3-4-24(34)23(9-16)30(36)41/h1-7,9,11-14,26,38H,8,10H2,(H2,36,41)(H,39,40). The molecule has 1 atom stereocenters. The third-order valence-electron chi connectivity index (χ3n) is 6.55. The number of nitrogens with two attached hydrogens (primary N) is 1. The Bertz CT molecular complexity index is 1780. The molecule has 0 aliphatic carbocycles. The molecule has 0 saturated heterocycles. The van der Waals surface area contributed by atoms with Crippen LogP contribution in [-0.4, -0.2) is 21.8 Å². The minimum Gasteiger partial charge on any atom is -0.366 e. The van der Waals surface area contributed by atoms with Crippen molar-refractivity contribution in [3.05, 3.63) is 125 Å². The van der Waals surface area contributed by atoms with Crippen molar-refractivity contribution in [3.63, 3.8) is 0 Å². The van der Waals surface area contributed by atoms with Crippen LogP contribution in [-0.2, 0) is 17.6 Å². The number of primary amides is 1. The quantitative estimate of drug-likeness (QED) is 0.212. The van der Waals surface area contributed by atoms with Gasteiger partial charge in [-0.05, 0) is 59.5 Å². The number of carbonyl (C=O) groups is 2. The Kier molecular flexibility index (Phi) is 7.52. The minimum atomic E-state index is -0.985. The summed E-state index contributed by atoms with van der Waals surface area (Å²) in [6.07, 6.45) is 2.43. The monoisotopic (exact) mass is 564 g/mol. The van der Waals surface area contributed by atoms with Gasteiger partial charge in [0.05, 0.1) is 29.2 Å². The van der Waals surface area contributed by atoms with Crippen molar-refractivity contribution in [2.24, 2.45) is 5.73 Å². The Balaban J connectivity index is 1.53. The number of fused-ring (bicyclic) bond motifs is 1. The van der Waals surface area contributed by atoms with Crippen molar-refractivity contribution in [1.29, 1.82) is 0 Å². The van der Waals surface area contributed by atoms with E-state index in [9.17, 15) is 31.5 Å². The van der Waals surface area contributed by atoms with Gasteiger partial charge in [0.15, 0.2) is 0 Å². The molecule has 0 bridgehead atoms. The van der Waals surface area contributed by atoms with Gasteiger partial charge < -0.3 is 16.0 Å². The van der Waals surface area contributed by atoms with Gasteiger partial charge in [0.1, 0.15) is 29.1 Å². The number of halogens is 5. The molecule has 2 heterocycles. The second-order valence-electron chi connectivity index (χ2n) is 9.40. The number of hydrogen-bond donors (Lipinski definition) is 3. The van der Waals surface area contributed by atoms with Gasteiger partial charge in [-0.3, -0.25) is 14.6 Å². The van der Waals surface area contributed by atoms with Crippen LogP contribution in [0.3, 0.4) is 0 Å². The summed E-state index contributed by atoms with van der Waals surface area (Å²) in [6, 6.07) is 10.7. The van der Waals surface area contributed by atoms with E-state index < -0.39 is 46.9 Å². The molecule has 41 heavy (non-hydrogen) atoms. The van der Waals surface area contributed by atoms with Gasteiger partial charge in [-0.1, -0.05) is 12.1 Å². The summed E-state index contributed by atoms with van der Waals surface area (Å²) in [4.78, 5) is 32.1. The van der Waals surface area contributed by atoms with Crippen LogP contribution in [0.25, 0.3) is 22.0 Å². The molecule has 5 rings (SSSR count). The highest BCUT2D eigenvalue weighted by Gasteiger charge is 2.23. The highest BCUT2D eigenvalue weighted by atomic mass is 19.1. The van der Waals surface area contributed by atoms with Gasteiger partial charge in [-0.25, -0.2) is 22.0 Å². The molecule has 5 aromatic rings. The molecule has 0 aliphatic heterocycles. The molecule has 3 aromatic carbocycles. The highest BCUT2D eigenvalue weighted by Crippen LogP contribution is 2.31. The second kappa shape index (κ2) is 11.2. The summed E-state index contributed by atoms with van der Waals surface area (Å²) in [5, 5.41) is 2.98. The fourth-order valence-corrected chi connectivity index (χ4v) is 4.78. The molecule has 0 aliphatic rings. The van der Waals surface area contributed by atoms with Crippen LogP contribution in [0, 0.1) is 29.1 Å². The van der Waals surface area contributed by atoms with E-state index in [4.69, 9.17) is 5.73 Å². The molecule has 208 valence electrons. The van der Waals surface area contributed by atoms with Crippen molar-refractivity contribution in [1.82, 2.24) is 15.3 Å². The molecular weight excluding hydrogens is 543 g/mol. The summed E-state index contributed by atoms with van der Waals surface area (Å²) < 4.78 is 70.2. The maximum absolute atomic E-state index is 14.2. The fraction of sp³-hybridized carbons (Fsp3) is 0.100. The number of benzene rings is 3. The number of pyridine rings is 1. The molecule has 4 N–H and O–H groups in total. The minimum absolute atomic E-state index is 0.0366. The molecular formula is C30H21F5N4O2. The maximum atomic E-state index is 14.2. The van der Waals surface area contributed by atoms with Crippen molar-refractivity contribution in [3.8, 4) is 11.1 Å². The summed E-state index contributed by atoms with van der Waals surface area (Å²) in [5.41, 5.74) is 6.52. The van der Waals surface area contributed by atoms with Crippen LogP contribution in [0.4, 0.5) is 22.0 Å². The van der Waals surface area contributed by atoms with E-state index in [-0.39, 0.29) is 40.6 Å². The van der Waals surface area contributed by atoms with Crippen LogP contribution < -0.4 is 11.1 Å². The maximum Gasteiger partial charge on any atom is 0.251 e. The Morgan fingerprint density at radius 1 is 0.902 bits per heavy atom. The number of nitrogens with zero attached hydrogens (tertiary/aromatic N) is 1. The third kappa shape index (κ3) is 5.93. The number of amides is 2. The lowest BCUT2D eigenvalue weighted by molar-refractivity contribution is -0.121. The van der Waals surface area contributed by atoms with Crippen molar-refractivity contribution in [2.45, 2.75) is 18.9 Å². The first kappa shape index (κ1) is 27.5. The van der Waals surface area contributed by atoms with Crippen molar-refractivity contribution < 1.29 is 31.5 Å². The normalized spacial score (nSPS) is 11.9. The lowest BCUT2D eigenvalue weighted by atomic mass is 9.94. The number of hydrogen-bond acceptors (Lipinski definition) is 3. The van der Waals surface area contributed by atoms with E-state index in [1.165, 1.54) is 24.5 Å². The first-order valence-electron chi connectivity index (χ1n) is 12.3. The average Bonchev–Trinajstić information content (AvgIpc) is 3.30. The summed E-state index contributed by atoms with van der Waals surface area (Å²) in [7, 11) is 0. The molecule has 0 fully saturated rings. The van der Waals surface area contributed by atoms with Gasteiger partial charge in [0, 0.05) is 35.5 Å². The topological polar surface area (TPSA) is 101 Å². The number of carbonyl (C=O) groups excluding carboxylic acids is 2. The van der Waals surface area contributed by atoms with E-state index in [2.05, 4.69) is 15.3 Å². The van der Waals surface area contributed by atoms with E-state index in [1.807, 2.05) is 0 Å². The van der Waals surface area contributed by atoms with Gasteiger partial charge in [-0.15, -0.1) is 0 Å². The molecule has 6 nitrogen and oxygen atoms in total. The number of aromatic nitrogens is 2. The number of nitrogens with one attached hydrogen (secondary N) is 2. The van der Waals surface area contributed by atoms with Gasteiger partial charge >= 0.3 is 0 Å². The second-order valence-corrected chi connectivity index (χ2v) is 9.40. The predicted molar refractivity (Wildman–Crippen MR) is 141 cm³/mol. The third-order valence-corrected chi connectivity index (χ3v) is 6.55. The smallest absolute Gasteiger partial charge is 0.251 e. The van der Waals surface area contributed by atoms with Crippen LogP contribution in [0.15, 0.2) is 73.1 Å². The Labute approximate surface area is 230 Å². The Hall–Kier alpha value is -5.06. The SMILES string of the molecule is NC(=O)c1cc(-c2cccnc2C(Cc2cc(F)cc(F)c2)NC(=O)Cc2c[nH]c3c(F)cc(F)cc23)ccc1F. The Morgan fingerprint density at radius 2 is 1.63 bits per heavy atom. The predicted octanol–water partition coefficient (Wildman–Crippen LogP) is 5.67. The van der Waals surface area contributed by atoms with Gasteiger partial charge in [0.2, 0.25) is 5.91 Å². The fourth-order valence-electron chi connectivity index (χ4n) is 4.78. The number of rotatable bonds is 8. The van der Waals surface area contributed by atoms with Crippen LogP contribution >= 0.6 is 0 Å². The first-order chi connectivity index (χ1) is 19.6. The van der Waals surface area contributed by atoms with E-state index in [0.29, 0.717) is 22.8 Å². The largest absolute Gasteiger partial charge is 0.366 e. The molecule has 0 radical (unpaired) electrons.